The fourth-order valence-electron chi connectivity index (χ4n) is 11.0. The summed E-state index contributed by atoms with van der Waals surface area (Å²) in [6, 6.07) is 15.0. The molecule has 0 unspecified atom stereocenters. The van der Waals surface area contributed by atoms with Gasteiger partial charge in [-0.2, -0.15) is 0 Å². The molecule has 2 aliphatic heterocycles. The van der Waals surface area contributed by atoms with Gasteiger partial charge in [-0.05, 0) is 125 Å². The molecule has 0 saturated carbocycles. The van der Waals surface area contributed by atoms with Crippen molar-refractivity contribution in [2.75, 3.05) is 27.2 Å². The number of halogens is 2. The molecule has 20 heteroatoms. The van der Waals surface area contributed by atoms with Crippen LogP contribution in [0.25, 0.3) is 0 Å². The van der Waals surface area contributed by atoms with Crippen molar-refractivity contribution in [2.24, 2.45) is 10.8 Å². The van der Waals surface area contributed by atoms with Gasteiger partial charge in [0, 0.05) is 25.2 Å². The van der Waals surface area contributed by atoms with Gasteiger partial charge in [-0.15, -0.1) is 24.8 Å². The van der Waals surface area contributed by atoms with E-state index in [9.17, 15) is 38.4 Å². The van der Waals surface area contributed by atoms with Crippen molar-refractivity contribution < 1.29 is 38.4 Å². The zero-order valence-corrected chi connectivity index (χ0v) is 48.4. The largest absolute Gasteiger partial charge is 0.347 e. The number of carbonyl (C=O) groups is 8. The Morgan fingerprint density at radius 2 is 0.859 bits per heavy atom. The van der Waals surface area contributed by atoms with E-state index in [1.807, 2.05) is 77.9 Å². The fourth-order valence-corrected chi connectivity index (χ4v) is 11.0. The smallest absolute Gasteiger partial charge is 0.252 e. The standard InChI is InChI=1S/C58H80N10O8.2ClH/c1-33(59-9)49(69)65-47(57(3,4)5)55(75)67-31-37(29-45(67)53(73)63-43-27-17-21-35-19-11-13-23-39(35)43)61-51(71)41-25-15-16-26-42(41)52(72)62-38-30-46(54(74)64-44-28-18-22-36-20-12-14-24-40(36)44)68(32-38)56(76)48(58(6,7)8)66-50(70)34(2)60-10;;/h11-16,19-20,23-26,33-34,37-38,43-48,59-60H,17-18,21-22,27-32H2,1-10H3,(H,61,71)(H,62,72)(H,63,73)(H,64,74)(H,65,69)(H,66,70);2*1H/t33-,34-,37-,38-,43+,44+,45-,46-,47+,48+;;/m0../s1. The minimum atomic E-state index is -1.02. The van der Waals surface area contributed by atoms with Gasteiger partial charge in [0.05, 0.1) is 35.3 Å². The van der Waals surface area contributed by atoms with Crippen LogP contribution >= 0.6 is 24.8 Å². The van der Waals surface area contributed by atoms with E-state index < -0.39 is 82.8 Å². The Morgan fingerprint density at radius 1 is 0.513 bits per heavy atom. The highest BCUT2D eigenvalue weighted by molar-refractivity contribution is 6.07. The number of carbonyl (C=O) groups excluding carboxylic acids is 8. The summed E-state index contributed by atoms with van der Waals surface area (Å²) >= 11 is 0. The number of nitrogens with one attached hydrogen (secondary N) is 8. The zero-order valence-electron chi connectivity index (χ0n) is 46.7. The molecule has 2 fully saturated rings. The third-order valence-corrected chi connectivity index (χ3v) is 15.7. The molecule has 0 radical (unpaired) electrons. The number of likely N-dealkylation sites (tertiary alicyclic amines) is 2. The van der Waals surface area contributed by atoms with Gasteiger partial charge in [0.25, 0.3) is 11.8 Å². The number of aryl methyl sites for hydroxylation is 2. The summed E-state index contributed by atoms with van der Waals surface area (Å²) in [6.07, 6.45) is 5.10. The number of hydrogen-bond donors (Lipinski definition) is 8. The van der Waals surface area contributed by atoms with Gasteiger partial charge in [-0.25, -0.2) is 0 Å². The second-order valence-electron chi connectivity index (χ2n) is 23.3. The van der Waals surface area contributed by atoms with Crippen LogP contribution in [0, 0.1) is 10.8 Å². The number of hydrogen-bond acceptors (Lipinski definition) is 10. The van der Waals surface area contributed by atoms with Crippen molar-refractivity contribution >= 4 is 72.1 Å². The van der Waals surface area contributed by atoms with Crippen molar-refractivity contribution in [3.05, 3.63) is 106 Å². The van der Waals surface area contributed by atoms with Crippen molar-refractivity contribution in [3.63, 3.8) is 0 Å². The summed E-state index contributed by atoms with van der Waals surface area (Å²) < 4.78 is 0. The Hall–Kier alpha value is -6.08. The maximum absolute atomic E-state index is 14.8. The maximum Gasteiger partial charge on any atom is 0.252 e. The predicted octanol–water partition coefficient (Wildman–Crippen LogP) is 4.59. The quantitative estimate of drug-likeness (QED) is 0.0993. The number of benzene rings is 3. The molecule has 78 heavy (non-hydrogen) atoms. The lowest BCUT2D eigenvalue weighted by Gasteiger charge is -2.36. The monoisotopic (exact) mass is 1120 g/mol. The van der Waals surface area contributed by atoms with Crippen LogP contribution in [0.4, 0.5) is 0 Å². The van der Waals surface area contributed by atoms with Gasteiger partial charge in [-0.1, -0.05) is 102 Å². The molecular weight excluding hydrogens is 1040 g/mol. The molecule has 426 valence electrons. The van der Waals surface area contributed by atoms with Crippen LogP contribution in [0.15, 0.2) is 72.8 Å². The molecule has 10 atom stereocenters. The molecule has 0 spiro atoms. The average molecular weight is 1120 g/mol. The van der Waals surface area contributed by atoms with Crippen LogP contribution < -0.4 is 42.5 Å². The number of fused-ring (bicyclic) bond motifs is 2. The van der Waals surface area contributed by atoms with Crippen molar-refractivity contribution in [2.45, 2.75) is 167 Å². The topological polar surface area (TPSA) is 239 Å². The molecule has 8 amide bonds. The van der Waals surface area contributed by atoms with Gasteiger partial charge in [-0.3, -0.25) is 38.4 Å². The van der Waals surface area contributed by atoms with E-state index >= 15 is 0 Å². The molecule has 4 aliphatic rings. The lowest BCUT2D eigenvalue weighted by Crippen LogP contribution is -2.59. The van der Waals surface area contributed by atoms with E-state index in [1.54, 1.807) is 40.1 Å². The summed E-state index contributed by atoms with van der Waals surface area (Å²) in [5.74, 6) is -3.67. The van der Waals surface area contributed by atoms with Crippen LogP contribution in [0.5, 0.6) is 0 Å². The van der Waals surface area contributed by atoms with Gasteiger partial charge < -0.3 is 52.3 Å². The normalized spacial score (nSPS) is 22.3. The van der Waals surface area contributed by atoms with Gasteiger partial charge >= 0.3 is 0 Å². The Labute approximate surface area is 472 Å². The second-order valence-corrected chi connectivity index (χ2v) is 23.3. The summed E-state index contributed by atoms with van der Waals surface area (Å²) in [5.41, 5.74) is 2.91. The highest BCUT2D eigenvalue weighted by Crippen LogP contribution is 2.34. The first-order valence-corrected chi connectivity index (χ1v) is 27.0. The molecule has 0 aromatic heterocycles. The van der Waals surface area contributed by atoms with E-state index in [0.717, 1.165) is 60.8 Å². The van der Waals surface area contributed by atoms with Crippen LogP contribution in [-0.4, -0.2) is 133 Å². The Balaban J connectivity index is 0.00000560. The first-order valence-electron chi connectivity index (χ1n) is 27.0. The van der Waals surface area contributed by atoms with Gasteiger partial charge in [0.15, 0.2) is 0 Å². The minimum absolute atomic E-state index is 0. The Kier molecular flexibility index (Phi) is 21.5. The molecule has 18 nitrogen and oxygen atoms in total. The van der Waals surface area contributed by atoms with Crippen LogP contribution in [0.1, 0.15) is 149 Å². The Morgan fingerprint density at radius 3 is 1.21 bits per heavy atom. The van der Waals surface area contributed by atoms with Crippen molar-refractivity contribution in [1.82, 2.24) is 52.3 Å². The summed E-state index contributed by atoms with van der Waals surface area (Å²) in [5, 5.41) is 24.1. The number of amides is 8. The molecule has 2 heterocycles. The molecule has 8 N–H and O–H groups in total. The van der Waals surface area contributed by atoms with E-state index in [1.165, 1.54) is 21.9 Å². The van der Waals surface area contributed by atoms with Crippen LogP contribution in [0.2, 0.25) is 0 Å². The molecule has 3 aromatic rings. The highest BCUT2D eigenvalue weighted by atomic mass is 35.5. The average Bonchev–Trinajstić information content (AvgIpc) is 4.05. The molecule has 2 aliphatic carbocycles. The molecule has 2 saturated heterocycles. The first-order chi connectivity index (χ1) is 36.0. The summed E-state index contributed by atoms with van der Waals surface area (Å²) in [7, 11) is 3.30. The van der Waals surface area contributed by atoms with E-state index in [0.29, 0.717) is 0 Å². The Bertz CT molecular complexity index is 2500. The number of rotatable bonds is 16. The molecule has 0 bridgehead atoms. The molecule has 3 aromatic carbocycles. The third-order valence-electron chi connectivity index (χ3n) is 15.7. The third kappa shape index (κ3) is 14.6. The van der Waals surface area contributed by atoms with Crippen molar-refractivity contribution in [3.8, 4) is 0 Å². The maximum atomic E-state index is 14.8. The van der Waals surface area contributed by atoms with Crippen LogP contribution in [0.3, 0.4) is 0 Å². The van der Waals surface area contributed by atoms with E-state index in [4.69, 9.17) is 0 Å². The molecular formula is C58H82Cl2N10O8. The summed E-state index contributed by atoms with van der Waals surface area (Å²) in [6.45, 7) is 14.3. The fraction of sp³-hybridized carbons (Fsp3) is 0.552. The van der Waals surface area contributed by atoms with Gasteiger partial charge in [0.2, 0.25) is 35.4 Å². The SMILES string of the molecule is CN[C@@H](C)C(=O)N[C@H](C(=O)N1C[C@@H](NC(=O)c2ccccc2C(=O)N[C@H]2C[C@@H](C(=O)N[C@@H]3CCCc4ccccc43)N(C(=O)[C@@H](NC(=O)[C@H](C)NC)C(C)(C)C)C2)C[C@H]1C(=O)N[C@@H]1CCCc2ccccc21)C(C)(C)C.Cl.Cl. The van der Waals surface area contributed by atoms with E-state index in [2.05, 4.69) is 54.7 Å². The highest BCUT2D eigenvalue weighted by Gasteiger charge is 2.48. The van der Waals surface area contributed by atoms with E-state index in [-0.39, 0.29) is 97.6 Å². The number of likely N-dealkylation sites (N-methyl/N-ethyl adjacent to an activating group) is 2. The van der Waals surface area contributed by atoms with Gasteiger partial charge in [0.1, 0.15) is 24.2 Å². The minimum Gasteiger partial charge on any atom is -0.347 e. The predicted molar refractivity (Wildman–Crippen MR) is 304 cm³/mol. The lowest BCUT2D eigenvalue weighted by molar-refractivity contribution is -0.144. The first kappa shape index (κ1) is 62.8. The zero-order chi connectivity index (χ0) is 55.2. The lowest BCUT2D eigenvalue weighted by atomic mass is 9.85. The number of nitrogens with zero attached hydrogens (tertiary/aromatic N) is 2. The molecule has 7 rings (SSSR count). The van der Waals surface area contributed by atoms with Crippen LogP contribution in [-0.2, 0) is 41.6 Å². The summed E-state index contributed by atoms with van der Waals surface area (Å²) in [4.78, 5) is 117. The van der Waals surface area contributed by atoms with Crippen molar-refractivity contribution in [1.29, 1.82) is 0 Å². The second kappa shape index (κ2) is 26.7.